The molecule has 2 aliphatic rings. The van der Waals surface area contributed by atoms with Crippen molar-refractivity contribution in [1.82, 2.24) is 0 Å². The first kappa shape index (κ1) is 9.49. The van der Waals surface area contributed by atoms with Gasteiger partial charge in [-0.2, -0.15) is 0 Å². The minimum atomic E-state index is -0.821. The molecular weight excluding hydrogens is 182 g/mol. The van der Waals surface area contributed by atoms with Gasteiger partial charge in [0.2, 0.25) is 5.60 Å². The topological polar surface area (TPSA) is 47.9 Å². The van der Waals surface area contributed by atoms with Crippen LogP contribution in [0, 0.1) is 11.8 Å². The summed E-state index contributed by atoms with van der Waals surface area (Å²) in [6, 6.07) is 0. The zero-order chi connectivity index (χ0) is 10.3. The van der Waals surface area contributed by atoms with Crippen LogP contribution in [0.15, 0.2) is 5.16 Å². The van der Waals surface area contributed by atoms with E-state index < -0.39 is 5.60 Å². The Kier molecular flexibility index (Phi) is 2.01. The molecule has 1 aliphatic carbocycles. The number of methoxy groups -OCH3 is 1. The normalized spacial score (nSPS) is 40.1. The van der Waals surface area contributed by atoms with E-state index in [1.807, 2.05) is 13.8 Å². The van der Waals surface area contributed by atoms with Crippen molar-refractivity contribution in [2.24, 2.45) is 17.0 Å². The van der Waals surface area contributed by atoms with Crippen molar-refractivity contribution in [3.8, 4) is 0 Å². The van der Waals surface area contributed by atoms with Gasteiger partial charge >= 0.3 is 5.97 Å². The Balaban J connectivity index is 2.36. The summed E-state index contributed by atoms with van der Waals surface area (Å²) < 4.78 is 4.82. The first-order valence-corrected chi connectivity index (χ1v) is 4.94. The van der Waals surface area contributed by atoms with Gasteiger partial charge in [0.1, 0.15) is 0 Å². The molecule has 3 unspecified atom stereocenters. The van der Waals surface area contributed by atoms with E-state index in [-0.39, 0.29) is 17.8 Å². The van der Waals surface area contributed by atoms with Crippen LogP contribution < -0.4 is 0 Å². The van der Waals surface area contributed by atoms with Gasteiger partial charge in [0, 0.05) is 5.92 Å². The van der Waals surface area contributed by atoms with E-state index in [1.54, 1.807) is 0 Å². The highest BCUT2D eigenvalue weighted by Gasteiger charge is 2.61. The van der Waals surface area contributed by atoms with Crippen molar-refractivity contribution in [2.75, 3.05) is 7.11 Å². The summed E-state index contributed by atoms with van der Waals surface area (Å²) in [6.45, 7) is 3.93. The molecule has 0 aromatic rings. The fourth-order valence-electron chi connectivity index (χ4n) is 2.61. The Morgan fingerprint density at radius 1 is 1.64 bits per heavy atom. The molecule has 0 amide bonds. The van der Waals surface area contributed by atoms with E-state index in [9.17, 15) is 4.79 Å². The molecular formula is C10H15NO3. The molecule has 14 heavy (non-hydrogen) atoms. The first-order valence-electron chi connectivity index (χ1n) is 4.94. The molecule has 0 radical (unpaired) electrons. The molecule has 4 nitrogen and oxygen atoms in total. The summed E-state index contributed by atoms with van der Waals surface area (Å²) in [5.74, 6) is 0.0131. The van der Waals surface area contributed by atoms with Crippen molar-refractivity contribution in [1.29, 1.82) is 0 Å². The summed E-state index contributed by atoms with van der Waals surface area (Å²) >= 11 is 0. The first-order chi connectivity index (χ1) is 6.63. The Morgan fingerprint density at radius 2 is 2.36 bits per heavy atom. The van der Waals surface area contributed by atoms with Crippen molar-refractivity contribution < 1.29 is 14.4 Å². The summed E-state index contributed by atoms with van der Waals surface area (Å²) in [5, 5.41) is 3.93. The zero-order valence-electron chi connectivity index (χ0n) is 8.74. The van der Waals surface area contributed by atoms with Crippen LogP contribution in [0.25, 0.3) is 0 Å². The minimum Gasteiger partial charge on any atom is -0.466 e. The lowest BCUT2D eigenvalue weighted by atomic mass is 9.83. The number of hydrogen-bond donors (Lipinski definition) is 0. The van der Waals surface area contributed by atoms with Crippen LogP contribution in [0.1, 0.15) is 26.7 Å². The highest BCUT2D eigenvalue weighted by Crippen LogP contribution is 2.48. The molecule has 2 rings (SSSR count). The highest BCUT2D eigenvalue weighted by molar-refractivity contribution is 5.95. The van der Waals surface area contributed by atoms with Gasteiger partial charge in [-0.25, -0.2) is 4.79 Å². The number of carbonyl (C=O) groups excluding carboxylic acids is 1. The third-order valence-corrected chi connectivity index (χ3v) is 3.49. The molecule has 0 aromatic heterocycles. The van der Waals surface area contributed by atoms with Crippen LogP contribution >= 0.6 is 0 Å². The van der Waals surface area contributed by atoms with Gasteiger partial charge in [0.05, 0.1) is 18.7 Å². The zero-order valence-corrected chi connectivity index (χ0v) is 8.74. The Morgan fingerprint density at radius 3 is 3.00 bits per heavy atom. The summed E-state index contributed by atoms with van der Waals surface area (Å²) in [4.78, 5) is 17.1. The average molecular weight is 197 g/mol. The van der Waals surface area contributed by atoms with Crippen LogP contribution in [0.5, 0.6) is 0 Å². The maximum atomic E-state index is 11.8. The summed E-state index contributed by atoms with van der Waals surface area (Å²) in [7, 11) is 1.40. The molecule has 3 atom stereocenters. The van der Waals surface area contributed by atoms with Crippen molar-refractivity contribution >= 4 is 11.7 Å². The SMILES string of the molecule is COC(=O)C12ON=C(C)C1CCC2C. The largest absolute Gasteiger partial charge is 0.466 e. The summed E-state index contributed by atoms with van der Waals surface area (Å²) in [6.07, 6.45) is 1.96. The Labute approximate surface area is 83.3 Å². The Hall–Kier alpha value is -1.06. The second-order valence-electron chi connectivity index (χ2n) is 4.14. The summed E-state index contributed by atoms with van der Waals surface area (Å²) in [5.41, 5.74) is 0.0958. The van der Waals surface area contributed by atoms with Gasteiger partial charge in [-0.1, -0.05) is 12.1 Å². The van der Waals surface area contributed by atoms with Crippen LogP contribution in [-0.4, -0.2) is 24.4 Å². The molecule has 0 N–H and O–H groups in total. The van der Waals surface area contributed by atoms with Gasteiger partial charge in [0.15, 0.2) is 0 Å². The Bertz CT molecular complexity index is 300. The third-order valence-electron chi connectivity index (χ3n) is 3.49. The number of esters is 1. The minimum absolute atomic E-state index is 0.116. The predicted octanol–water partition coefficient (Wildman–Crippen LogP) is 1.35. The number of nitrogens with zero attached hydrogens (tertiary/aromatic N) is 1. The van der Waals surface area contributed by atoms with Gasteiger partial charge in [0.25, 0.3) is 0 Å². The second kappa shape index (κ2) is 2.97. The number of oxime groups is 1. The van der Waals surface area contributed by atoms with Gasteiger partial charge < -0.3 is 9.57 Å². The fraction of sp³-hybridized carbons (Fsp3) is 0.800. The average Bonchev–Trinajstić information content (AvgIpc) is 2.68. The molecule has 0 bridgehead atoms. The number of fused-ring (bicyclic) bond motifs is 1. The molecule has 0 aromatic carbocycles. The van der Waals surface area contributed by atoms with Crippen LogP contribution in [-0.2, 0) is 14.4 Å². The lowest BCUT2D eigenvalue weighted by Gasteiger charge is -2.27. The molecule has 78 valence electrons. The molecule has 0 spiro atoms. The number of carbonyl (C=O) groups is 1. The van der Waals surface area contributed by atoms with Gasteiger partial charge in [-0.05, 0) is 19.8 Å². The van der Waals surface area contributed by atoms with Gasteiger partial charge in [-0.3, -0.25) is 0 Å². The second-order valence-corrected chi connectivity index (χ2v) is 4.14. The highest BCUT2D eigenvalue weighted by atomic mass is 16.7. The number of ether oxygens (including phenoxy) is 1. The van der Waals surface area contributed by atoms with E-state index in [0.29, 0.717) is 0 Å². The molecule has 1 fully saturated rings. The maximum Gasteiger partial charge on any atom is 0.354 e. The van der Waals surface area contributed by atoms with E-state index >= 15 is 0 Å². The lowest BCUT2D eigenvalue weighted by molar-refractivity contribution is -0.174. The molecule has 1 saturated carbocycles. The van der Waals surface area contributed by atoms with E-state index in [0.717, 1.165) is 18.6 Å². The predicted molar refractivity (Wildman–Crippen MR) is 50.8 cm³/mol. The molecule has 1 heterocycles. The molecule has 4 heteroatoms. The molecule has 0 saturated heterocycles. The standard InChI is InChI=1S/C10H15NO3/c1-6-4-5-8-7(2)11-14-10(6,8)9(12)13-3/h6,8H,4-5H2,1-3H3. The number of rotatable bonds is 1. The van der Waals surface area contributed by atoms with Crippen molar-refractivity contribution in [3.05, 3.63) is 0 Å². The quantitative estimate of drug-likeness (QED) is 0.596. The van der Waals surface area contributed by atoms with Gasteiger partial charge in [-0.15, -0.1) is 0 Å². The molecule has 1 aliphatic heterocycles. The monoisotopic (exact) mass is 197 g/mol. The lowest BCUT2D eigenvalue weighted by Crippen LogP contribution is -2.47. The van der Waals surface area contributed by atoms with Crippen molar-refractivity contribution in [2.45, 2.75) is 32.3 Å². The van der Waals surface area contributed by atoms with Crippen LogP contribution in [0.3, 0.4) is 0 Å². The third kappa shape index (κ3) is 0.938. The number of hydrogen-bond acceptors (Lipinski definition) is 4. The maximum absolute atomic E-state index is 11.8. The van der Waals surface area contributed by atoms with Crippen molar-refractivity contribution in [3.63, 3.8) is 0 Å². The van der Waals surface area contributed by atoms with Crippen LogP contribution in [0.4, 0.5) is 0 Å². The van der Waals surface area contributed by atoms with E-state index in [1.165, 1.54) is 7.11 Å². The van der Waals surface area contributed by atoms with E-state index in [4.69, 9.17) is 9.57 Å². The van der Waals surface area contributed by atoms with E-state index in [2.05, 4.69) is 5.16 Å². The fourth-order valence-corrected chi connectivity index (χ4v) is 2.61. The smallest absolute Gasteiger partial charge is 0.354 e. The van der Waals surface area contributed by atoms with Crippen LogP contribution in [0.2, 0.25) is 0 Å².